The third-order valence-corrected chi connectivity index (χ3v) is 4.12. The van der Waals surface area contributed by atoms with Crippen LogP contribution in [-0.4, -0.2) is 15.0 Å². The maximum Gasteiger partial charge on any atom is 0.359 e. The summed E-state index contributed by atoms with van der Waals surface area (Å²) in [5.41, 5.74) is 1.76. The molecular weight excluding hydrogens is 262 g/mol. The number of fused-ring (bicyclic) bond motifs is 1. The Kier molecular flexibility index (Phi) is 3.77. The standard InChI is InChI=1S/C12H12F2O3S/c13-12(14)17-18(15,16)11-7-3-6-9-4-1-2-5-10(9)8-11/h1-2,4-5,8,12H,3,6-7H2. The summed E-state index contributed by atoms with van der Waals surface area (Å²) in [6.07, 6.45) is 2.94. The Bertz CT molecular complexity index is 564. The molecule has 3 nitrogen and oxygen atoms in total. The van der Waals surface area contributed by atoms with Crippen molar-refractivity contribution in [2.45, 2.75) is 25.9 Å². The lowest BCUT2D eigenvalue weighted by Crippen LogP contribution is -2.12. The first-order valence-electron chi connectivity index (χ1n) is 5.49. The van der Waals surface area contributed by atoms with Crippen molar-refractivity contribution in [1.29, 1.82) is 0 Å². The van der Waals surface area contributed by atoms with Gasteiger partial charge in [-0.15, -0.1) is 0 Å². The van der Waals surface area contributed by atoms with E-state index in [1.165, 1.54) is 6.08 Å². The minimum absolute atomic E-state index is 0.0900. The average molecular weight is 274 g/mol. The maximum absolute atomic E-state index is 12.1. The van der Waals surface area contributed by atoms with Crippen molar-refractivity contribution in [3.63, 3.8) is 0 Å². The smallest absolute Gasteiger partial charge is 0.199 e. The molecule has 0 aliphatic heterocycles. The van der Waals surface area contributed by atoms with Crippen molar-refractivity contribution >= 4 is 16.2 Å². The van der Waals surface area contributed by atoms with Crippen LogP contribution in [0.25, 0.3) is 6.08 Å². The van der Waals surface area contributed by atoms with E-state index in [9.17, 15) is 17.2 Å². The van der Waals surface area contributed by atoms with E-state index in [0.717, 1.165) is 17.5 Å². The van der Waals surface area contributed by atoms with Crippen molar-refractivity contribution in [2.75, 3.05) is 0 Å². The second-order valence-electron chi connectivity index (χ2n) is 3.97. The van der Waals surface area contributed by atoms with Gasteiger partial charge in [0.1, 0.15) is 0 Å². The zero-order valence-electron chi connectivity index (χ0n) is 9.47. The van der Waals surface area contributed by atoms with Gasteiger partial charge in [-0.1, -0.05) is 24.3 Å². The van der Waals surface area contributed by atoms with E-state index in [4.69, 9.17) is 0 Å². The summed E-state index contributed by atoms with van der Waals surface area (Å²) < 4.78 is 51.0. The minimum atomic E-state index is -4.34. The summed E-state index contributed by atoms with van der Waals surface area (Å²) in [5, 5.41) is 0. The van der Waals surface area contributed by atoms with E-state index in [1.807, 2.05) is 12.1 Å². The molecule has 1 aromatic carbocycles. The Morgan fingerprint density at radius 3 is 2.61 bits per heavy atom. The number of allylic oxidation sites excluding steroid dienone is 1. The van der Waals surface area contributed by atoms with Crippen molar-refractivity contribution in [3.05, 3.63) is 40.3 Å². The Labute approximate surface area is 104 Å². The Hall–Kier alpha value is -1.27. The number of rotatable bonds is 3. The lowest BCUT2D eigenvalue weighted by atomic mass is 10.1. The molecule has 0 heterocycles. The molecule has 0 spiro atoms. The van der Waals surface area contributed by atoms with E-state index in [0.29, 0.717) is 6.42 Å². The average Bonchev–Trinajstić information content (AvgIpc) is 2.49. The van der Waals surface area contributed by atoms with Crippen molar-refractivity contribution in [3.8, 4) is 0 Å². The summed E-state index contributed by atoms with van der Waals surface area (Å²) in [5.74, 6) is 0. The molecule has 0 radical (unpaired) electrons. The number of benzene rings is 1. The minimum Gasteiger partial charge on any atom is -0.199 e. The van der Waals surface area contributed by atoms with Crippen LogP contribution in [0.4, 0.5) is 8.78 Å². The molecule has 1 aliphatic rings. The monoisotopic (exact) mass is 274 g/mol. The highest BCUT2D eigenvalue weighted by atomic mass is 32.2. The Morgan fingerprint density at radius 2 is 1.89 bits per heavy atom. The van der Waals surface area contributed by atoms with E-state index < -0.39 is 16.7 Å². The van der Waals surface area contributed by atoms with Gasteiger partial charge in [0.05, 0.1) is 4.91 Å². The van der Waals surface area contributed by atoms with Crippen LogP contribution in [0, 0.1) is 0 Å². The zero-order chi connectivity index (χ0) is 13.2. The van der Waals surface area contributed by atoms with Crippen molar-refractivity contribution in [1.82, 2.24) is 0 Å². The fraction of sp³-hybridized carbons (Fsp3) is 0.333. The van der Waals surface area contributed by atoms with Gasteiger partial charge >= 0.3 is 6.61 Å². The Morgan fingerprint density at radius 1 is 1.17 bits per heavy atom. The van der Waals surface area contributed by atoms with Gasteiger partial charge in [0, 0.05) is 0 Å². The molecule has 0 atom stereocenters. The highest BCUT2D eigenvalue weighted by Crippen LogP contribution is 2.27. The number of alkyl halides is 2. The third kappa shape index (κ3) is 2.94. The largest absolute Gasteiger partial charge is 0.359 e. The molecule has 2 rings (SSSR count). The van der Waals surface area contributed by atoms with Crippen LogP contribution in [-0.2, 0) is 20.7 Å². The van der Waals surface area contributed by atoms with E-state index >= 15 is 0 Å². The van der Waals surface area contributed by atoms with E-state index in [-0.39, 0.29) is 11.3 Å². The lowest BCUT2D eigenvalue weighted by Gasteiger charge is -2.06. The van der Waals surface area contributed by atoms with Crippen LogP contribution in [0.3, 0.4) is 0 Å². The van der Waals surface area contributed by atoms with Gasteiger partial charge in [0.25, 0.3) is 10.1 Å². The molecule has 0 bridgehead atoms. The first-order valence-corrected chi connectivity index (χ1v) is 6.90. The summed E-state index contributed by atoms with van der Waals surface area (Å²) >= 11 is 0. The van der Waals surface area contributed by atoms with Gasteiger partial charge < -0.3 is 0 Å². The Balaban J connectivity index is 2.38. The van der Waals surface area contributed by atoms with E-state index in [1.54, 1.807) is 12.1 Å². The number of halogens is 2. The summed E-state index contributed by atoms with van der Waals surface area (Å²) in [4.78, 5) is -0.0900. The van der Waals surface area contributed by atoms with Crippen LogP contribution in [0.15, 0.2) is 29.2 Å². The zero-order valence-corrected chi connectivity index (χ0v) is 10.3. The van der Waals surface area contributed by atoms with Crippen LogP contribution in [0.1, 0.15) is 24.0 Å². The normalized spacial score (nSPS) is 16.1. The molecule has 0 saturated heterocycles. The first-order chi connectivity index (χ1) is 8.49. The van der Waals surface area contributed by atoms with Crippen LogP contribution in [0.2, 0.25) is 0 Å². The molecule has 0 unspecified atom stereocenters. The molecule has 98 valence electrons. The van der Waals surface area contributed by atoms with Gasteiger partial charge in [-0.25, -0.2) is 0 Å². The van der Waals surface area contributed by atoms with Crippen LogP contribution in [0.5, 0.6) is 0 Å². The first kappa shape index (κ1) is 13.2. The van der Waals surface area contributed by atoms with Gasteiger partial charge in [-0.05, 0) is 36.5 Å². The topological polar surface area (TPSA) is 43.4 Å². The number of hydrogen-bond acceptors (Lipinski definition) is 3. The quantitative estimate of drug-likeness (QED) is 0.796. The molecule has 0 saturated carbocycles. The maximum atomic E-state index is 12.1. The van der Waals surface area contributed by atoms with Crippen LogP contribution >= 0.6 is 0 Å². The van der Waals surface area contributed by atoms with Gasteiger partial charge in [0.2, 0.25) is 0 Å². The molecule has 0 amide bonds. The summed E-state index contributed by atoms with van der Waals surface area (Å²) in [6.45, 7) is -3.32. The predicted octanol–water partition coefficient (Wildman–Crippen LogP) is 2.93. The highest BCUT2D eigenvalue weighted by Gasteiger charge is 2.24. The highest BCUT2D eigenvalue weighted by molar-refractivity contribution is 7.90. The van der Waals surface area contributed by atoms with E-state index in [2.05, 4.69) is 4.18 Å². The van der Waals surface area contributed by atoms with Gasteiger partial charge in [0.15, 0.2) is 0 Å². The molecule has 6 heteroatoms. The number of aryl methyl sites for hydroxylation is 1. The fourth-order valence-electron chi connectivity index (χ4n) is 1.96. The fourth-order valence-corrected chi connectivity index (χ4v) is 2.94. The molecule has 18 heavy (non-hydrogen) atoms. The molecule has 0 N–H and O–H groups in total. The second-order valence-corrected chi connectivity index (χ2v) is 5.60. The molecular formula is C12H12F2O3S. The predicted molar refractivity (Wildman–Crippen MR) is 63.4 cm³/mol. The van der Waals surface area contributed by atoms with Gasteiger partial charge in [-0.3, -0.25) is 0 Å². The summed E-state index contributed by atoms with van der Waals surface area (Å²) in [7, 11) is -4.34. The SMILES string of the molecule is O=S(=O)(OC(F)F)C1=Cc2ccccc2CCC1. The van der Waals surface area contributed by atoms with Gasteiger partial charge in [-0.2, -0.15) is 21.4 Å². The van der Waals surface area contributed by atoms with Crippen molar-refractivity contribution < 1.29 is 21.4 Å². The van der Waals surface area contributed by atoms with Crippen molar-refractivity contribution in [2.24, 2.45) is 0 Å². The molecule has 1 aliphatic carbocycles. The second kappa shape index (κ2) is 5.16. The molecule has 0 fully saturated rings. The lowest BCUT2D eigenvalue weighted by molar-refractivity contribution is -0.0436. The number of hydrogen-bond donors (Lipinski definition) is 0. The third-order valence-electron chi connectivity index (χ3n) is 2.76. The van der Waals surface area contributed by atoms with Crippen LogP contribution < -0.4 is 0 Å². The molecule has 1 aromatic rings. The molecule has 0 aromatic heterocycles. The summed E-state index contributed by atoms with van der Waals surface area (Å²) in [6, 6.07) is 7.30.